The van der Waals surface area contributed by atoms with E-state index in [9.17, 15) is 0 Å². The van der Waals surface area contributed by atoms with Crippen LogP contribution in [0.4, 0.5) is 11.5 Å². The van der Waals surface area contributed by atoms with Gasteiger partial charge in [0.15, 0.2) is 5.16 Å². The molecule has 0 bridgehead atoms. The lowest BCUT2D eigenvalue weighted by molar-refractivity contribution is 0.562. The molecule has 1 unspecified atom stereocenters. The first-order valence-corrected chi connectivity index (χ1v) is 8.61. The van der Waals surface area contributed by atoms with Gasteiger partial charge in [-0.15, -0.1) is 0 Å². The number of hydrogen-bond donors (Lipinski definition) is 1. The largest absolute Gasteiger partial charge is 0.384 e. The van der Waals surface area contributed by atoms with Crippen LogP contribution in [0.1, 0.15) is 43.0 Å². The van der Waals surface area contributed by atoms with Crippen LogP contribution >= 0.6 is 11.8 Å². The molecule has 0 amide bonds. The van der Waals surface area contributed by atoms with Crippen LogP contribution in [-0.2, 0) is 5.41 Å². The second-order valence-corrected chi connectivity index (χ2v) is 8.01. The summed E-state index contributed by atoms with van der Waals surface area (Å²) in [7, 11) is 2.09. The van der Waals surface area contributed by atoms with Gasteiger partial charge in [0.2, 0.25) is 0 Å². The number of nitrogens with two attached hydrogens (primary N) is 1. The zero-order valence-electron chi connectivity index (χ0n) is 14.2. The normalized spacial score (nSPS) is 16.5. The van der Waals surface area contributed by atoms with Gasteiger partial charge in [-0.2, -0.15) is 5.26 Å². The number of anilines is 2. The predicted octanol–water partition coefficient (Wildman–Crippen LogP) is 2.91. The van der Waals surface area contributed by atoms with E-state index in [1.165, 1.54) is 29.1 Å². The van der Waals surface area contributed by atoms with Crippen molar-refractivity contribution in [3.63, 3.8) is 0 Å². The number of thioether (sulfide) groups is 1. The highest BCUT2D eigenvalue weighted by molar-refractivity contribution is 7.99. The Kier molecular flexibility index (Phi) is 4.10. The lowest BCUT2D eigenvalue weighted by Gasteiger charge is -2.19. The van der Waals surface area contributed by atoms with Crippen LogP contribution in [-0.4, -0.2) is 28.5 Å². The Bertz CT molecular complexity index is 826. The van der Waals surface area contributed by atoms with Gasteiger partial charge < -0.3 is 10.6 Å². The Balaban J connectivity index is 1.88. The smallest absolute Gasteiger partial charge is 0.191 e. The number of fused-ring (bicyclic) bond motifs is 1. The molecule has 0 aliphatic carbocycles. The van der Waals surface area contributed by atoms with E-state index in [0.29, 0.717) is 11.0 Å². The van der Waals surface area contributed by atoms with Crippen LogP contribution in [0, 0.1) is 11.3 Å². The second-order valence-electron chi connectivity index (χ2n) is 6.70. The molecule has 0 radical (unpaired) electrons. The average Bonchev–Trinajstić information content (AvgIpc) is 2.75. The van der Waals surface area contributed by atoms with Crippen LogP contribution in [0.25, 0.3) is 0 Å². The van der Waals surface area contributed by atoms with Gasteiger partial charge in [-0.05, 0) is 18.6 Å². The fourth-order valence-corrected chi connectivity index (χ4v) is 3.94. The number of aromatic nitrogens is 3. The maximum absolute atomic E-state index is 9.00. The minimum Gasteiger partial charge on any atom is -0.384 e. The second kappa shape index (κ2) is 5.95. The summed E-state index contributed by atoms with van der Waals surface area (Å²) in [5, 5.41) is 9.56. The molecule has 0 spiro atoms. The van der Waals surface area contributed by atoms with Crippen LogP contribution < -0.4 is 10.6 Å². The molecule has 0 saturated carbocycles. The first-order chi connectivity index (χ1) is 11.3. The van der Waals surface area contributed by atoms with E-state index in [0.717, 1.165) is 12.2 Å². The summed E-state index contributed by atoms with van der Waals surface area (Å²) in [6, 6.07) is 5.65. The summed E-state index contributed by atoms with van der Waals surface area (Å²) in [4.78, 5) is 15.3. The molecular weight excluding hydrogens is 320 g/mol. The molecule has 2 N–H and O–H groups in total. The van der Waals surface area contributed by atoms with E-state index in [-0.39, 0.29) is 16.4 Å². The van der Waals surface area contributed by atoms with Gasteiger partial charge in [-0.1, -0.05) is 25.6 Å². The number of rotatable bonds is 3. The van der Waals surface area contributed by atoms with Crippen molar-refractivity contribution in [1.82, 2.24) is 15.0 Å². The fraction of sp³-hybridized carbons (Fsp3) is 0.412. The van der Waals surface area contributed by atoms with Gasteiger partial charge in [0.1, 0.15) is 17.6 Å². The van der Waals surface area contributed by atoms with Crippen molar-refractivity contribution in [1.29, 1.82) is 5.26 Å². The molecule has 1 aliphatic rings. The first-order valence-electron chi connectivity index (χ1n) is 7.73. The molecule has 24 heavy (non-hydrogen) atoms. The molecule has 2 aromatic rings. The molecule has 0 aromatic carbocycles. The topological polar surface area (TPSA) is 91.7 Å². The summed E-state index contributed by atoms with van der Waals surface area (Å²) >= 11 is 1.46. The molecule has 1 atom stereocenters. The molecule has 3 heterocycles. The van der Waals surface area contributed by atoms with E-state index in [2.05, 4.69) is 53.7 Å². The van der Waals surface area contributed by atoms with E-state index >= 15 is 0 Å². The zero-order valence-corrected chi connectivity index (χ0v) is 15.1. The van der Waals surface area contributed by atoms with Crippen LogP contribution in [0.5, 0.6) is 0 Å². The summed E-state index contributed by atoms with van der Waals surface area (Å²) < 4.78 is 0. The van der Waals surface area contributed by atoms with Crippen molar-refractivity contribution in [3.05, 3.63) is 35.3 Å². The molecule has 0 saturated heterocycles. The van der Waals surface area contributed by atoms with Gasteiger partial charge in [-0.25, -0.2) is 9.97 Å². The van der Waals surface area contributed by atoms with E-state index < -0.39 is 0 Å². The maximum Gasteiger partial charge on any atom is 0.191 e. The summed E-state index contributed by atoms with van der Waals surface area (Å²) in [6.07, 6.45) is 1.94. The Morgan fingerprint density at radius 2 is 2.12 bits per heavy atom. The lowest BCUT2D eigenvalue weighted by Crippen LogP contribution is -2.24. The van der Waals surface area contributed by atoms with E-state index in [1.807, 2.05) is 12.3 Å². The van der Waals surface area contributed by atoms with Crippen molar-refractivity contribution < 1.29 is 0 Å². The van der Waals surface area contributed by atoms with Gasteiger partial charge in [0.05, 0.1) is 22.8 Å². The lowest BCUT2D eigenvalue weighted by atomic mass is 9.87. The molecule has 7 heteroatoms. The third-order valence-corrected chi connectivity index (χ3v) is 5.20. The fourth-order valence-electron chi connectivity index (χ4n) is 3.07. The standard InChI is InChI=1S/C17H20N6S/c1-10(24-16-21-11(7-18)5-15(19)22-16)13-6-12-14(8-20-13)23(4)9-17(12,2)3/h5-6,8,10H,9H2,1-4H3,(H2,19,21,22). The molecule has 2 aromatic heterocycles. The molecule has 0 fully saturated rings. The molecular formula is C17H20N6S. The summed E-state index contributed by atoms with van der Waals surface area (Å²) in [6.45, 7) is 7.54. The van der Waals surface area contributed by atoms with Crippen molar-refractivity contribution in [2.45, 2.75) is 36.6 Å². The number of nitrogens with zero attached hydrogens (tertiary/aromatic N) is 5. The van der Waals surface area contributed by atoms with E-state index in [1.54, 1.807) is 0 Å². The van der Waals surface area contributed by atoms with Gasteiger partial charge in [-0.3, -0.25) is 4.98 Å². The van der Waals surface area contributed by atoms with Gasteiger partial charge >= 0.3 is 0 Å². The number of likely N-dealkylation sites (N-methyl/N-ethyl adjacent to an activating group) is 1. The first kappa shape index (κ1) is 16.5. The van der Waals surface area contributed by atoms with Crippen molar-refractivity contribution in [2.24, 2.45) is 0 Å². The number of pyridine rings is 1. The number of nitrogen functional groups attached to an aromatic ring is 1. The predicted molar refractivity (Wildman–Crippen MR) is 96.0 cm³/mol. The molecule has 6 nitrogen and oxygen atoms in total. The van der Waals surface area contributed by atoms with Crippen LogP contribution in [0.2, 0.25) is 0 Å². The average molecular weight is 340 g/mol. The minimum atomic E-state index is 0.0605. The minimum absolute atomic E-state index is 0.0605. The molecule has 3 rings (SSSR count). The molecule has 1 aliphatic heterocycles. The quantitative estimate of drug-likeness (QED) is 0.678. The zero-order chi connectivity index (χ0) is 17.5. The summed E-state index contributed by atoms with van der Waals surface area (Å²) in [5.41, 5.74) is 9.60. The van der Waals surface area contributed by atoms with Crippen molar-refractivity contribution >= 4 is 23.3 Å². The Morgan fingerprint density at radius 3 is 2.83 bits per heavy atom. The Labute approximate surface area is 146 Å². The number of nitriles is 1. The number of hydrogen-bond acceptors (Lipinski definition) is 7. The maximum atomic E-state index is 9.00. The summed E-state index contributed by atoms with van der Waals surface area (Å²) in [5.74, 6) is 0.306. The van der Waals surface area contributed by atoms with E-state index in [4.69, 9.17) is 11.0 Å². The van der Waals surface area contributed by atoms with Crippen molar-refractivity contribution in [2.75, 3.05) is 24.2 Å². The van der Waals surface area contributed by atoms with Gasteiger partial charge in [0.25, 0.3) is 0 Å². The van der Waals surface area contributed by atoms with Crippen molar-refractivity contribution in [3.8, 4) is 6.07 Å². The third kappa shape index (κ3) is 3.02. The highest BCUT2D eigenvalue weighted by atomic mass is 32.2. The Morgan fingerprint density at radius 1 is 1.38 bits per heavy atom. The van der Waals surface area contributed by atoms with Crippen LogP contribution in [0.3, 0.4) is 0 Å². The monoisotopic (exact) mass is 340 g/mol. The highest BCUT2D eigenvalue weighted by Crippen LogP contribution is 2.41. The third-order valence-electron chi connectivity index (χ3n) is 4.22. The highest BCUT2D eigenvalue weighted by Gasteiger charge is 2.34. The Hall–Kier alpha value is -2.33. The molecule has 124 valence electrons. The SMILES string of the molecule is CC(Sc1nc(N)cc(C#N)n1)c1cc2c(cn1)N(C)CC2(C)C. The van der Waals surface area contributed by atoms with Crippen LogP contribution in [0.15, 0.2) is 23.5 Å². The van der Waals surface area contributed by atoms with Gasteiger partial charge in [0, 0.05) is 25.1 Å².